The predicted molar refractivity (Wildman–Crippen MR) is 123 cm³/mol. The van der Waals surface area contributed by atoms with Crippen LogP contribution in [0.2, 0.25) is 0 Å². The van der Waals surface area contributed by atoms with Gasteiger partial charge in [-0.1, -0.05) is 20.8 Å². The summed E-state index contributed by atoms with van der Waals surface area (Å²) in [6, 6.07) is 13.4. The van der Waals surface area contributed by atoms with Gasteiger partial charge in [0.2, 0.25) is 10.0 Å². The number of piperidine rings is 1. The molecule has 1 aliphatic heterocycles. The van der Waals surface area contributed by atoms with E-state index in [2.05, 4.69) is 26.1 Å². The number of anilines is 1. The Kier molecular flexibility index (Phi) is 7.73. The molecule has 0 aromatic heterocycles. The highest BCUT2D eigenvalue weighted by Crippen LogP contribution is 2.24. The highest BCUT2D eigenvalue weighted by Gasteiger charge is 2.27. The van der Waals surface area contributed by atoms with Crippen LogP contribution >= 0.6 is 0 Å². The summed E-state index contributed by atoms with van der Waals surface area (Å²) < 4.78 is 32.9. The molecule has 1 heterocycles. The molecule has 1 fully saturated rings. The number of ether oxygens (including phenoxy) is 1. The van der Waals surface area contributed by atoms with E-state index < -0.39 is 10.0 Å². The van der Waals surface area contributed by atoms with Gasteiger partial charge in [0.1, 0.15) is 5.75 Å². The molecule has 0 atom stereocenters. The smallest absolute Gasteiger partial charge is 0.255 e. The van der Waals surface area contributed by atoms with Crippen LogP contribution in [-0.4, -0.2) is 38.3 Å². The molecule has 7 heteroatoms. The second-order valence-corrected chi connectivity index (χ2v) is 10.6. The Labute approximate surface area is 185 Å². The lowest BCUT2D eigenvalue weighted by molar-refractivity contribution is 0.102. The zero-order valence-corrected chi connectivity index (χ0v) is 19.3. The predicted octanol–water partition coefficient (Wildman–Crippen LogP) is 4.78. The number of sulfonamides is 1. The third-order valence-electron chi connectivity index (χ3n) is 5.57. The monoisotopic (exact) mass is 444 g/mol. The molecule has 168 valence electrons. The fourth-order valence-corrected chi connectivity index (χ4v) is 4.87. The number of rotatable bonds is 8. The number of carbonyl (C=O) groups is 1. The van der Waals surface area contributed by atoms with Gasteiger partial charge in [-0.3, -0.25) is 4.79 Å². The van der Waals surface area contributed by atoms with Gasteiger partial charge in [-0.05, 0) is 79.6 Å². The highest BCUT2D eigenvalue weighted by molar-refractivity contribution is 7.89. The first kappa shape index (κ1) is 23.3. The zero-order chi connectivity index (χ0) is 22.4. The lowest BCUT2D eigenvalue weighted by Crippen LogP contribution is -2.37. The van der Waals surface area contributed by atoms with Gasteiger partial charge in [0.05, 0.1) is 11.5 Å². The van der Waals surface area contributed by atoms with Crippen molar-refractivity contribution in [2.24, 2.45) is 11.8 Å². The van der Waals surface area contributed by atoms with Crippen molar-refractivity contribution in [1.82, 2.24) is 4.31 Å². The van der Waals surface area contributed by atoms with Crippen LogP contribution < -0.4 is 10.1 Å². The van der Waals surface area contributed by atoms with Crippen molar-refractivity contribution in [3.8, 4) is 5.75 Å². The summed E-state index contributed by atoms with van der Waals surface area (Å²) in [6.45, 7) is 8.20. The second-order valence-electron chi connectivity index (χ2n) is 8.62. The van der Waals surface area contributed by atoms with E-state index in [0.29, 0.717) is 42.8 Å². The molecule has 0 radical (unpaired) electrons. The van der Waals surface area contributed by atoms with Crippen molar-refractivity contribution < 1.29 is 17.9 Å². The summed E-state index contributed by atoms with van der Waals surface area (Å²) in [7, 11) is -3.49. The summed E-state index contributed by atoms with van der Waals surface area (Å²) >= 11 is 0. The number of benzene rings is 2. The Balaban J connectivity index is 1.58. The largest absolute Gasteiger partial charge is 0.494 e. The molecule has 1 N–H and O–H groups in total. The fourth-order valence-electron chi connectivity index (χ4n) is 3.40. The molecule has 0 spiro atoms. The Bertz CT molecular complexity index is 962. The van der Waals surface area contributed by atoms with E-state index in [9.17, 15) is 13.2 Å². The molecule has 2 aromatic carbocycles. The van der Waals surface area contributed by atoms with Crippen molar-refractivity contribution >= 4 is 21.6 Å². The van der Waals surface area contributed by atoms with Crippen LogP contribution in [0.3, 0.4) is 0 Å². The van der Waals surface area contributed by atoms with Crippen LogP contribution in [0.1, 0.15) is 50.4 Å². The van der Waals surface area contributed by atoms with E-state index in [-0.39, 0.29) is 10.8 Å². The van der Waals surface area contributed by atoms with E-state index in [0.717, 1.165) is 25.0 Å². The molecule has 1 amide bonds. The van der Waals surface area contributed by atoms with Gasteiger partial charge in [0.25, 0.3) is 5.91 Å². The van der Waals surface area contributed by atoms with Gasteiger partial charge in [-0.2, -0.15) is 4.31 Å². The van der Waals surface area contributed by atoms with Crippen molar-refractivity contribution in [2.75, 3.05) is 25.0 Å². The SMILES string of the molecule is CC(C)CCOc1ccc(C(=O)Nc2ccc(S(=O)(=O)N3CCC(C)CC3)cc2)cc1. The van der Waals surface area contributed by atoms with Gasteiger partial charge in [-0.15, -0.1) is 0 Å². The first-order chi connectivity index (χ1) is 14.8. The minimum absolute atomic E-state index is 0.253. The van der Waals surface area contributed by atoms with E-state index in [1.54, 1.807) is 52.8 Å². The fraction of sp³-hybridized carbons (Fsp3) is 0.458. The first-order valence-electron chi connectivity index (χ1n) is 10.9. The van der Waals surface area contributed by atoms with Crippen molar-refractivity contribution in [1.29, 1.82) is 0 Å². The highest BCUT2D eigenvalue weighted by atomic mass is 32.2. The Morgan fingerprint density at radius 2 is 1.68 bits per heavy atom. The number of nitrogens with zero attached hydrogens (tertiary/aromatic N) is 1. The normalized spacial score (nSPS) is 15.7. The Morgan fingerprint density at radius 1 is 1.06 bits per heavy atom. The third-order valence-corrected chi connectivity index (χ3v) is 7.49. The van der Waals surface area contributed by atoms with Gasteiger partial charge in [0, 0.05) is 24.3 Å². The van der Waals surface area contributed by atoms with Crippen molar-refractivity contribution in [3.63, 3.8) is 0 Å². The molecular weight excluding hydrogens is 412 g/mol. The molecule has 6 nitrogen and oxygen atoms in total. The molecule has 0 bridgehead atoms. The lowest BCUT2D eigenvalue weighted by atomic mass is 10.0. The maximum atomic E-state index is 12.8. The van der Waals surface area contributed by atoms with E-state index in [1.165, 1.54) is 0 Å². The minimum Gasteiger partial charge on any atom is -0.494 e. The summed E-state index contributed by atoms with van der Waals surface area (Å²) in [6.07, 6.45) is 2.74. The quantitative estimate of drug-likeness (QED) is 0.635. The maximum absolute atomic E-state index is 12.8. The van der Waals surface area contributed by atoms with Gasteiger partial charge >= 0.3 is 0 Å². The average Bonchev–Trinajstić information content (AvgIpc) is 2.74. The molecule has 1 aliphatic rings. The topological polar surface area (TPSA) is 75.7 Å². The van der Waals surface area contributed by atoms with Crippen LogP contribution in [-0.2, 0) is 10.0 Å². The van der Waals surface area contributed by atoms with E-state index >= 15 is 0 Å². The molecule has 2 aromatic rings. The summed E-state index contributed by atoms with van der Waals surface area (Å²) in [5, 5.41) is 2.81. The molecule has 31 heavy (non-hydrogen) atoms. The summed E-state index contributed by atoms with van der Waals surface area (Å²) in [4.78, 5) is 12.8. The van der Waals surface area contributed by atoms with Crippen LogP contribution in [0.4, 0.5) is 5.69 Å². The molecule has 0 saturated carbocycles. The molecule has 3 rings (SSSR count). The number of nitrogens with one attached hydrogen (secondary N) is 1. The third kappa shape index (κ3) is 6.31. The number of carbonyl (C=O) groups excluding carboxylic acids is 1. The van der Waals surface area contributed by atoms with E-state index in [1.807, 2.05) is 0 Å². The number of hydrogen-bond acceptors (Lipinski definition) is 4. The zero-order valence-electron chi connectivity index (χ0n) is 18.5. The van der Waals surface area contributed by atoms with Crippen LogP contribution in [0.15, 0.2) is 53.4 Å². The van der Waals surface area contributed by atoms with Crippen molar-refractivity contribution in [2.45, 2.75) is 44.9 Å². The number of hydrogen-bond donors (Lipinski definition) is 1. The Hall–Kier alpha value is -2.38. The first-order valence-corrected chi connectivity index (χ1v) is 12.3. The molecule has 0 aliphatic carbocycles. The van der Waals surface area contributed by atoms with Crippen LogP contribution in [0.5, 0.6) is 5.75 Å². The Morgan fingerprint density at radius 3 is 2.26 bits per heavy atom. The van der Waals surface area contributed by atoms with Gasteiger partial charge in [0.15, 0.2) is 0 Å². The van der Waals surface area contributed by atoms with Gasteiger partial charge < -0.3 is 10.1 Å². The minimum atomic E-state index is -3.49. The average molecular weight is 445 g/mol. The summed E-state index contributed by atoms with van der Waals surface area (Å²) in [5.41, 5.74) is 1.06. The second kappa shape index (κ2) is 10.3. The van der Waals surface area contributed by atoms with Gasteiger partial charge in [-0.25, -0.2) is 8.42 Å². The van der Waals surface area contributed by atoms with Crippen LogP contribution in [0.25, 0.3) is 0 Å². The maximum Gasteiger partial charge on any atom is 0.255 e. The molecule has 1 saturated heterocycles. The summed E-state index contributed by atoms with van der Waals surface area (Å²) in [5.74, 6) is 1.62. The standard InChI is InChI=1S/C24H32N2O4S/c1-18(2)14-17-30-22-8-4-20(5-9-22)24(27)25-21-6-10-23(11-7-21)31(28,29)26-15-12-19(3)13-16-26/h4-11,18-19H,12-17H2,1-3H3,(H,25,27). The molecular formula is C24H32N2O4S. The van der Waals surface area contributed by atoms with E-state index in [4.69, 9.17) is 4.74 Å². The lowest BCUT2D eigenvalue weighted by Gasteiger charge is -2.29. The van der Waals surface area contributed by atoms with Crippen LogP contribution in [0, 0.1) is 11.8 Å². The molecule has 0 unspecified atom stereocenters. The van der Waals surface area contributed by atoms with Crippen molar-refractivity contribution in [3.05, 3.63) is 54.1 Å². The number of amides is 1.